The van der Waals surface area contributed by atoms with Gasteiger partial charge in [-0.05, 0) is 81.8 Å². The minimum atomic E-state index is -0.475. The largest absolute Gasteiger partial charge is 0.318 e. The molecule has 0 fully saturated rings. The number of nitrogens with zero attached hydrogens (tertiary/aromatic N) is 3. The number of aromatic nitrogens is 2. The molecule has 28 heavy (non-hydrogen) atoms. The van der Waals surface area contributed by atoms with Crippen molar-refractivity contribution >= 4 is 12.0 Å². The van der Waals surface area contributed by atoms with Crippen LogP contribution in [0.5, 0.6) is 0 Å². The Balaban J connectivity index is 1.95. The van der Waals surface area contributed by atoms with Crippen molar-refractivity contribution in [3.8, 4) is 11.8 Å². The third-order valence-corrected chi connectivity index (χ3v) is 4.70. The first kappa shape index (κ1) is 19.2. The molecule has 0 atom stereocenters. The summed E-state index contributed by atoms with van der Waals surface area (Å²) in [6, 6.07) is 13.9. The first-order valence-electron chi connectivity index (χ1n) is 8.85. The Bertz CT molecular complexity index is 1090. The van der Waals surface area contributed by atoms with Gasteiger partial charge in [0.2, 0.25) is 0 Å². The highest BCUT2D eigenvalue weighted by Gasteiger charge is 2.15. The molecule has 2 heterocycles. The monoisotopic (exact) mass is 376 g/mol. The van der Waals surface area contributed by atoms with Gasteiger partial charge >= 0.3 is 0 Å². The molecule has 0 aliphatic carbocycles. The second-order valence-corrected chi connectivity index (χ2v) is 6.70. The van der Waals surface area contributed by atoms with E-state index < -0.39 is 5.91 Å². The number of rotatable bonds is 4. The molecule has 142 valence electrons. The predicted molar refractivity (Wildman–Crippen MR) is 107 cm³/mol. The lowest BCUT2D eigenvalue weighted by Crippen LogP contribution is -2.25. The summed E-state index contributed by atoms with van der Waals surface area (Å²) < 4.78 is 16.8. The summed E-state index contributed by atoms with van der Waals surface area (Å²) in [5, 5.41) is 9.50. The number of carbonyl (C=O) groups excluding carboxylic acids is 1. The molecule has 3 aromatic rings. The van der Waals surface area contributed by atoms with Gasteiger partial charge in [-0.2, -0.15) is 5.26 Å². The van der Waals surface area contributed by atoms with Crippen molar-refractivity contribution in [1.29, 1.82) is 5.26 Å². The number of hydrogen-bond acceptors (Lipinski definition) is 2. The van der Waals surface area contributed by atoms with E-state index in [1.807, 2.05) is 56.5 Å². The Morgan fingerprint density at radius 2 is 1.64 bits per heavy atom. The van der Waals surface area contributed by atoms with Crippen molar-refractivity contribution in [2.75, 3.05) is 5.43 Å². The molecule has 0 saturated heterocycles. The maximum atomic E-state index is 13.2. The van der Waals surface area contributed by atoms with E-state index in [0.29, 0.717) is 0 Å². The molecule has 0 aliphatic heterocycles. The van der Waals surface area contributed by atoms with E-state index in [2.05, 4.69) is 5.43 Å². The summed E-state index contributed by atoms with van der Waals surface area (Å²) in [6.45, 7) is 7.57. The fraction of sp³-hybridized carbons (Fsp3) is 0.182. The molecule has 5 nitrogen and oxygen atoms in total. The number of nitrogens with one attached hydrogen (secondary N) is 1. The number of benzene rings is 1. The minimum absolute atomic E-state index is 0.00635. The number of nitriles is 1. The number of halogens is 1. The van der Waals surface area contributed by atoms with Crippen molar-refractivity contribution in [3.63, 3.8) is 0 Å². The lowest BCUT2D eigenvalue weighted by Gasteiger charge is -2.11. The zero-order valence-electron chi connectivity index (χ0n) is 16.2. The molecule has 0 radical (unpaired) electrons. The normalized spacial score (nSPS) is 11.4. The van der Waals surface area contributed by atoms with Crippen molar-refractivity contribution in [2.45, 2.75) is 27.7 Å². The molecule has 0 spiro atoms. The Labute approximate surface area is 163 Å². The summed E-state index contributed by atoms with van der Waals surface area (Å²) in [4.78, 5) is 12.6. The number of hydrogen-bond donors (Lipinski definition) is 1. The molecule has 3 rings (SSSR count). The average Bonchev–Trinajstić information content (AvgIpc) is 3.13. The van der Waals surface area contributed by atoms with E-state index in [1.165, 1.54) is 12.1 Å². The zero-order valence-corrected chi connectivity index (χ0v) is 16.2. The van der Waals surface area contributed by atoms with Crippen molar-refractivity contribution < 1.29 is 9.18 Å². The fourth-order valence-corrected chi connectivity index (χ4v) is 3.23. The Kier molecular flexibility index (Phi) is 5.18. The molecular weight excluding hydrogens is 355 g/mol. The third kappa shape index (κ3) is 3.60. The minimum Gasteiger partial charge on any atom is -0.318 e. The van der Waals surface area contributed by atoms with Gasteiger partial charge in [-0.3, -0.25) is 14.9 Å². The molecule has 1 amide bonds. The van der Waals surface area contributed by atoms with Gasteiger partial charge in [0.25, 0.3) is 5.91 Å². The van der Waals surface area contributed by atoms with Gasteiger partial charge in [-0.1, -0.05) is 0 Å². The smallest absolute Gasteiger partial charge is 0.280 e. The van der Waals surface area contributed by atoms with Crippen LogP contribution in [0.25, 0.3) is 11.8 Å². The standard InChI is InChI=1S/C22H21FN4O/c1-14-5-6-15(2)27(14)25-22(28)19(13-24)12-18-11-16(3)26(17(18)4)21-9-7-20(23)8-10-21/h5-12H,1-4H3,(H,25,28)/b19-12-. The Morgan fingerprint density at radius 3 is 2.21 bits per heavy atom. The van der Waals surface area contributed by atoms with Crippen LogP contribution in [0.2, 0.25) is 0 Å². The summed E-state index contributed by atoms with van der Waals surface area (Å²) >= 11 is 0. The van der Waals surface area contributed by atoms with Crippen LogP contribution < -0.4 is 5.43 Å². The van der Waals surface area contributed by atoms with Gasteiger partial charge in [0, 0.05) is 28.5 Å². The van der Waals surface area contributed by atoms with Crippen LogP contribution in [0.3, 0.4) is 0 Å². The summed E-state index contributed by atoms with van der Waals surface area (Å²) in [6.07, 6.45) is 1.58. The van der Waals surface area contributed by atoms with Crippen molar-refractivity contribution in [1.82, 2.24) is 9.24 Å². The Morgan fingerprint density at radius 1 is 1.04 bits per heavy atom. The van der Waals surface area contributed by atoms with Crippen LogP contribution in [0.15, 0.2) is 48.0 Å². The van der Waals surface area contributed by atoms with Crippen LogP contribution in [0.1, 0.15) is 28.3 Å². The predicted octanol–water partition coefficient (Wildman–Crippen LogP) is 4.33. The zero-order chi connectivity index (χ0) is 20.4. The SMILES string of the molecule is Cc1ccc(C)n1NC(=O)/C(C#N)=C\c1cc(C)n(-c2ccc(F)cc2)c1C. The maximum Gasteiger partial charge on any atom is 0.280 e. The molecule has 1 N–H and O–H groups in total. The molecule has 0 aliphatic rings. The van der Waals surface area contributed by atoms with Gasteiger partial charge in [-0.15, -0.1) is 0 Å². The fourth-order valence-electron chi connectivity index (χ4n) is 3.23. The van der Waals surface area contributed by atoms with E-state index in [-0.39, 0.29) is 11.4 Å². The lowest BCUT2D eigenvalue weighted by molar-refractivity contribution is -0.113. The second kappa shape index (κ2) is 7.57. The highest BCUT2D eigenvalue weighted by Crippen LogP contribution is 2.23. The van der Waals surface area contributed by atoms with E-state index >= 15 is 0 Å². The summed E-state index contributed by atoms with van der Waals surface area (Å²) in [5.74, 6) is -0.776. The van der Waals surface area contributed by atoms with Gasteiger partial charge in [0.15, 0.2) is 0 Å². The molecule has 2 aromatic heterocycles. The van der Waals surface area contributed by atoms with Crippen molar-refractivity contribution in [3.05, 3.63) is 82.2 Å². The van der Waals surface area contributed by atoms with Gasteiger partial charge in [-0.25, -0.2) is 4.39 Å². The molecular formula is C22H21FN4O. The van der Waals surface area contributed by atoms with Gasteiger partial charge in [0.05, 0.1) is 0 Å². The van der Waals surface area contributed by atoms with Crippen LogP contribution in [-0.2, 0) is 4.79 Å². The number of aryl methyl sites for hydroxylation is 3. The van der Waals surface area contributed by atoms with Crippen LogP contribution in [0, 0.1) is 44.8 Å². The molecule has 0 unspecified atom stereocenters. The Hall–Kier alpha value is -3.59. The molecule has 1 aromatic carbocycles. The van der Waals surface area contributed by atoms with Crippen LogP contribution in [0.4, 0.5) is 4.39 Å². The quantitative estimate of drug-likeness (QED) is 0.544. The van der Waals surface area contributed by atoms with E-state index in [1.54, 1.807) is 22.9 Å². The highest BCUT2D eigenvalue weighted by molar-refractivity contribution is 6.06. The summed E-state index contributed by atoms with van der Waals surface area (Å²) in [7, 11) is 0. The van der Waals surface area contributed by atoms with E-state index in [4.69, 9.17) is 0 Å². The van der Waals surface area contributed by atoms with Gasteiger partial charge < -0.3 is 4.57 Å². The maximum absolute atomic E-state index is 13.2. The molecule has 6 heteroatoms. The topological polar surface area (TPSA) is 62.8 Å². The lowest BCUT2D eigenvalue weighted by atomic mass is 10.1. The number of amides is 1. The van der Waals surface area contributed by atoms with E-state index in [0.717, 1.165) is 34.0 Å². The highest BCUT2D eigenvalue weighted by atomic mass is 19.1. The first-order valence-corrected chi connectivity index (χ1v) is 8.85. The molecule has 0 saturated carbocycles. The van der Waals surface area contributed by atoms with Crippen LogP contribution >= 0.6 is 0 Å². The van der Waals surface area contributed by atoms with Crippen molar-refractivity contribution in [2.24, 2.45) is 0 Å². The first-order chi connectivity index (χ1) is 13.3. The third-order valence-electron chi connectivity index (χ3n) is 4.70. The summed E-state index contributed by atoms with van der Waals surface area (Å²) in [5.41, 5.74) is 7.86. The second-order valence-electron chi connectivity index (χ2n) is 6.70. The number of carbonyl (C=O) groups is 1. The molecule has 0 bridgehead atoms. The van der Waals surface area contributed by atoms with E-state index in [9.17, 15) is 14.4 Å². The average molecular weight is 376 g/mol. The van der Waals surface area contributed by atoms with Gasteiger partial charge in [0.1, 0.15) is 17.5 Å². The van der Waals surface area contributed by atoms with Crippen LogP contribution in [-0.4, -0.2) is 15.2 Å².